The molecule has 0 aliphatic heterocycles. The van der Waals surface area contributed by atoms with Crippen molar-refractivity contribution in [1.82, 2.24) is 0 Å². The Bertz CT molecular complexity index is 634. The molecule has 2 N–H and O–H groups in total. The minimum Gasteiger partial charge on any atom is -0.493 e. The molecule has 112 valence electrons. The smallest absolute Gasteiger partial charge is 0.160 e. The van der Waals surface area contributed by atoms with E-state index in [9.17, 15) is 0 Å². The zero-order chi connectivity index (χ0) is 15.4. The second kappa shape index (κ2) is 7.47. The summed E-state index contributed by atoms with van der Waals surface area (Å²) in [5, 5.41) is 0. The Kier molecular flexibility index (Phi) is 5.89. The van der Waals surface area contributed by atoms with E-state index in [1.165, 1.54) is 3.57 Å². The molecule has 0 radical (unpaired) electrons. The Morgan fingerprint density at radius 1 is 1.10 bits per heavy atom. The Hall–Kier alpha value is -0.790. The molecule has 0 saturated carbocycles. The van der Waals surface area contributed by atoms with E-state index in [0.29, 0.717) is 0 Å². The molecule has 0 aliphatic carbocycles. The van der Waals surface area contributed by atoms with E-state index in [-0.39, 0.29) is 6.04 Å². The predicted molar refractivity (Wildman–Crippen MR) is 97.0 cm³/mol. The van der Waals surface area contributed by atoms with Gasteiger partial charge in [0.25, 0.3) is 0 Å². The number of nitrogens with two attached hydrogens (primary N) is 1. The van der Waals surface area contributed by atoms with Crippen molar-refractivity contribution >= 4 is 38.5 Å². The highest BCUT2D eigenvalue weighted by Crippen LogP contribution is 2.31. The molecule has 3 nitrogen and oxygen atoms in total. The van der Waals surface area contributed by atoms with Crippen molar-refractivity contribution in [3.05, 3.63) is 55.6 Å². The van der Waals surface area contributed by atoms with Crippen LogP contribution >= 0.6 is 38.5 Å². The van der Waals surface area contributed by atoms with Gasteiger partial charge >= 0.3 is 0 Å². The first-order valence-corrected chi connectivity index (χ1v) is 8.33. The summed E-state index contributed by atoms with van der Waals surface area (Å²) in [5.74, 6) is 1.45. The lowest BCUT2D eigenvalue weighted by Gasteiger charge is -2.16. The fourth-order valence-corrected chi connectivity index (χ4v) is 3.23. The Labute approximate surface area is 147 Å². The molecular formula is C16H17BrINO2. The van der Waals surface area contributed by atoms with E-state index in [2.05, 4.69) is 50.7 Å². The highest BCUT2D eigenvalue weighted by Gasteiger charge is 2.13. The Morgan fingerprint density at radius 2 is 1.81 bits per heavy atom. The molecule has 0 aromatic heterocycles. The van der Waals surface area contributed by atoms with Crippen LogP contribution in [0.3, 0.4) is 0 Å². The van der Waals surface area contributed by atoms with Gasteiger partial charge in [-0.25, -0.2) is 0 Å². The largest absolute Gasteiger partial charge is 0.493 e. The molecule has 0 spiro atoms. The van der Waals surface area contributed by atoms with Gasteiger partial charge < -0.3 is 15.2 Å². The molecule has 2 rings (SSSR count). The van der Waals surface area contributed by atoms with Crippen LogP contribution in [-0.4, -0.2) is 14.2 Å². The number of halogens is 2. The van der Waals surface area contributed by atoms with Crippen LogP contribution in [0.1, 0.15) is 17.2 Å². The zero-order valence-corrected chi connectivity index (χ0v) is 15.6. The van der Waals surface area contributed by atoms with E-state index in [0.717, 1.165) is 33.5 Å². The topological polar surface area (TPSA) is 44.5 Å². The van der Waals surface area contributed by atoms with Gasteiger partial charge in [-0.3, -0.25) is 0 Å². The molecule has 1 atom stereocenters. The lowest BCUT2D eigenvalue weighted by atomic mass is 9.99. The fraction of sp³-hybridized carbons (Fsp3) is 0.250. The van der Waals surface area contributed by atoms with Crippen LogP contribution in [0, 0.1) is 3.57 Å². The maximum atomic E-state index is 6.35. The number of rotatable bonds is 5. The van der Waals surface area contributed by atoms with Crippen molar-refractivity contribution in [1.29, 1.82) is 0 Å². The number of hydrogen-bond donors (Lipinski definition) is 1. The number of ether oxygens (including phenoxy) is 2. The maximum absolute atomic E-state index is 6.35. The summed E-state index contributed by atoms with van der Waals surface area (Å²) in [6, 6.07) is 12.0. The maximum Gasteiger partial charge on any atom is 0.160 e. The van der Waals surface area contributed by atoms with Gasteiger partial charge in [-0.05, 0) is 70.5 Å². The van der Waals surface area contributed by atoms with E-state index >= 15 is 0 Å². The second-order valence-corrected chi connectivity index (χ2v) is 6.77. The molecule has 0 heterocycles. The van der Waals surface area contributed by atoms with E-state index in [4.69, 9.17) is 15.2 Å². The molecule has 2 aromatic carbocycles. The van der Waals surface area contributed by atoms with Crippen molar-refractivity contribution in [2.75, 3.05) is 14.2 Å². The molecule has 0 fully saturated rings. The normalized spacial score (nSPS) is 12.0. The van der Waals surface area contributed by atoms with Gasteiger partial charge in [0.2, 0.25) is 0 Å². The molecule has 1 unspecified atom stereocenters. The average molecular weight is 462 g/mol. The molecule has 0 bridgehead atoms. The zero-order valence-electron chi connectivity index (χ0n) is 11.9. The van der Waals surface area contributed by atoms with E-state index in [1.54, 1.807) is 14.2 Å². The summed E-state index contributed by atoms with van der Waals surface area (Å²) in [6.07, 6.45) is 0.735. The molecule has 21 heavy (non-hydrogen) atoms. The van der Waals surface area contributed by atoms with Crippen LogP contribution in [0.2, 0.25) is 0 Å². The Morgan fingerprint density at radius 3 is 2.48 bits per heavy atom. The van der Waals surface area contributed by atoms with Gasteiger partial charge in [0.05, 0.1) is 14.2 Å². The Balaban J connectivity index is 2.23. The lowest BCUT2D eigenvalue weighted by molar-refractivity contribution is 0.354. The molecule has 2 aromatic rings. The van der Waals surface area contributed by atoms with E-state index in [1.807, 2.05) is 24.3 Å². The van der Waals surface area contributed by atoms with Crippen molar-refractivity contribution in [3.8, 4) is 11.5 Å². The SMILES string of the molecule is COc1ccc(CC(N)c2cc(I)ccc2Br)cc1OC. The lowest BCUT2D eigenvalue weighted by Crippen LogP contribution is -2.14. The third kappa shape index (κ3) is 4.11. The van der Waals surface area contributed by atoms with Crippen LogP contribution in [0.25, 0.3) is 0 Å². The van der Waals surface area contributed by atoms with Gasteiger partial charge in [-0.2, -0.15) is 0 Å². The van der Waals surface area contributed by atoms with Crippen LogP contribution in [-0.2, 0) is 6.42 Å². The minimum atomic E-state index is -0.0767. The summed E-state index contributed by atoms with van der Waals surface area (Å²) >= 11 is 5.86. The first-order valence-electron chi connectivity index (χ1n) is 6.46. The standard InChI is InChI=1S/C16H17BrINO2/c1-20-15-6-3-10(8-16(15)21-2)7-14(19)12-9-11(18)4-5-13(12)17/h3-6,8-9,14H,7,19H2,1-2H3. The summed E-state index contributed by atoms with van der Waals surface area (Å²) in [6.45, 7) is 0. The molecular weight excluding hydrogens is 445 g/mol. The molecule has 0 amide bonds. The average Bonchev–Trinajstić information content (AvgIpc) is 2.49. The fourth-order valence-electron chi connectivity index (χ4n) is 2.17. The van der Waals surface area contributed by atoms with Gasteiger partial charge in [0.1, 0.15) is 0 Å². The number of hydrogen-bond acceptors (Lipinski definition) is 3. The summed E-state index contributed by atoms with van der Waals surface area (Å²) in [4.78, 5) is 0. The van der Waals surface area contributed by atoms with Gasteiger partial charge in [0, 0.05) is 14.1 Å². The third-order valence-corrected chi connectivity index (χ3v) is 4.65. The first kappa shape index (κ1) is 16.6. The van der Waals surface area contributed by atoms with Gasteiger partial charge in [-0.1, -0.05) is 22.0 Å². The molecule has 0 aliphatic rings. The van der Waals surface area contributed by atoms with Crippen LogP contribution in [0.4, 0.5) is 0 Å². The predicted octanol–water partition coefficient (Wildman–Crippen LogP) is 4.31. The molecule has 0 saturated heterocycles. The molecule has 5 heteroatoms. The number of methoxy groups -OCH3 is 2. The third-order valence-electron chi connectivity index (χ3n) is 3.26. The van der Waals surface area contributed by atoms with Gasteiger partial charge in [0.15, 0.2) is 11.5 Å². The van der Waals surface area contributed by atoms with Crippen molar-refractivity contribution < 1.29 is 9.47 Å². The highest BCUT2D eigenvalue weighted by molar-refractivity contribution is 14.1. The second-order valence-electron chi connectivity index (χ2n) is 4.67. The van der Waals surface area contributed by atoms with Crippen molar-refractivity contribution in [2.24, 2.45) is 5.73 Å². The van der Waals surface area contributed by atoms with Crippen molar-refractivity contribution in [2.45, 2.75) is 12.5 Å². The quantitative estimate of drug-likeness (QED) is 0.674. The first-order chi connectivity index (χ1) is 10.0. The van der Waals surface area contributed by atoms with Crippen LogP contribution < -0.4 is 15.2 Å². The summed E-state index contributed by atoms with van der Waals surface area (Å²) < 4.78 is 12.8. The van der Waals surface area contributed by atoms with Crippen LogP contribution in [0.15, 0.2) is 40.9 Å². The summed E-state index contributed by atoms with van der Waals surface area (Å²) in [5.41, 5.74) is 8.58. The van der Waals surface area contributed by atoms with Crippen LogP contribution in [0.5, 0.6) is 11.5 Å². The van der Waals surface area contributed by atoms with Crippen molar-refractivity contribution in [3.63, 3.8) is 0 Å². The van der Waals surface area contributed by atoms with E-state index < -0.39 is 0 Å². The summed E-state index contributed by atoms with van der Waals surface area (Å²) in [7, 11) is 3.27. The van der Waals surface area contributed by atoms with Gasteiger partial charge in [-0.15, -0.1) is 0 Å². The highest BCUT2D eigenvalue weighted by atomic mass is 127. The minimum absolute atomic E-state index is 0.0767. The number of benzene rings is 2. The monoisotopic (exact) mass is 461 g/mol.